The van der Waals surface area contributed by atoms with E-state index < -0.39 is 0 Å². The highest BCUT2D eigenvalue weighted by molar-refractivity contribution is 9.09. The highest BCUT2D eigenvalue weighted by Gasteiger charge is 2.24. The van der Waals surface area contributed by atoms with Crippen LogP contribution in [0.2, 0.25) is 0 Å². The van der Waals surface area contributed by atoms with Crippen molar-refractivity contribution in [2.45, 2.75) is 24.1 Å². The van der Waals surface area contributed by atoms with Crippen molar-refractivity contribution >= 4 is 15.9 Å². The summed E-state index contributed by atoms with van der Waals surface area (Å²) in [6, 6.07) is 8.32. The van der Waals surface area contributed by atoms with E-state index >= 15 is 0 Å². The number of halogens is 1. The van der Waals surface area contributed by atoms with Crippen molar-refractivity contribution in [2.24, 2.45) is 0 Å². The van der Waals surface area contributed by atoms with E-state index in [9.17, 15) is 0 Å². The van der Waals surface area contributed by atoms with Crippen LogP contribution in [0.5, 0.6) is 5.75 Å². The minimum Gasteiger partial charge on any atom is -0.493 e. The van der Waals surface area contributed by atoms with Gasteiger partial charge < -0.3 is 4.74 Å². The van der Waals surface area contributed by atoms with E-state index in [4.69, 9.17) is 4.74 Å². The quantitative estimate of drug-likeness (QED) is 0.685. The van der Waals surface area contributed by atoms with E-state index in [1.54, 1.807) is 0 Å². The van der Waals surface area contributed by atoms with Gasteiger partial charge in [-0.15, -0.1) is 0 Å². The molecule has 2 unspecified atom stereocenters. The smallest absolute Gasteiger partial charge is 0.122 e. The monoisotopic (exact) mass is 240 g/mol. The minimum atomic E-state index is 0.526. The number of hydrogen-bond donors (Lipinski definition) is 0. The van der Waals surface area contributed by atoms with Crippen LogP contribution in [0.1, 0.15) is 24.8 Å². The molecule has 0 amide bonds. The van der Waals surface area contributed by atoms with Gasteiger partial charge in [0.25, 0.3) is 0 Å². The molecule has 0 saturated carbocycles. The fourth-order valence-corrected chi connectivity index (χ4v) is 2.40. The third kappa shape index (κ3) is 1.73. The first-order chi connectivity index (χ1) is 6.29. The predicted molar refractivity (Wildman–Crippen MR) is 57.7 cm³/mol. The van der Waals surface area contributed by atoms with Crippen molar-refractivity contribution in [3.05, 3.63) is 29.8 Å². The number of benzene rings is 1. The van der Waals surface area contributed by atoms with E-state index in [1.165, 1.54) is 5.56 Å². The zero-order valence-electron chi connectivity index (χ0n) is 7.66. The summed E-state index contributed by atoms with van der Waals surface area (Å²) in [5.74, 6) is 1.66. The fourth-order valence-electron chi connectivity index (χ4n) is 1.85. The van der Waals surface area contributed by atoms with Crippen LogP contribution in [0.3, 0.4) is 0 Å². The molecule has 2 rings (SSSR count). The molecule has 1 aliphatic heterocycles. The number of alkyl halides is 1. The Hall–Kier alpha value is -0.500. The maximum Gasteiger partial charge on any atom is 0.122 e. The summed E-state index contributed by atoms with van der Waals surface area (Å²) in [6.07, 6.45) is 1.11. The summed E-state index contributed by atoms with van der Waals surface area (Å²) in [5.41, 5.74) is 1.35. The Morgan fingerprint density at radius 2 is 2.23 bits per heavy atom. The molecule has 0 aliphatic carbocycles. The Kier molecular flexibility index (Phi) is 2.58. The highest BCUT2D eigenvalue weighted by Crippen LogP contribution is 2.37. The molecular weight excluding hydrogens is 228 g/mol. The van der Waals surface area contributed by atoms with Crippen molar-refractivity contribution < 1.29 is 4.74 Å². The summed E-state index contributed by atoms with van der Waals surface area (Å²) in [7, 11) is 0. The molecule has 2 heteroatoms. The van der Waals surface area contributed by atoms with Crippen LogP contribution in [-0.4, -0.2) is 11.4 Å². The second kappa shape index (κ2) is 3.70. The normalized spacial score (nSPS) is 23.1. The van der Waals surface area contributed by atoms with Gasteiger partial charge in [0.05, 0.1) is 6.61 Å². The van der Waals surface area contributed by atoms with Gasteiger partial charge in [0, 0.05) is 10.7 Å². The maximum absolute atomic E-state index is 5.58. The molecule has 1 nitrogen and oxygen atoms in total. The Labute approximate surface area is 87.2 Å². The third-order valence-electron chi connectivity index (χ3n) is 2.56. The Morgan fingerprint density at radius 3 is 3.00 bits per heavy atom. The van der Waals surface area contributed by atoms with Crippen molar-refractivity contribution in [1.82, 2.24) is 0 Å². The standard InChI is InChI=1S/C11H13BrO/c1-8(12)9-6-7-13-11-5-3-2-4-10(9)11/h2-5,8-9H,6-7H2,1H3. The summed E-state index contributed by atoms with van der Waals surface area (Å²) in [6.45, 7) is 3.05. The molecule has 1 aromatic carbocycles. The first-order valence-electron chi connectivity index (χ1n) is 4.65. The fraction of sp³-hybridized carbons (Fsp3) is 0.455. The summed E-state index contributed by atoms with van der Waals surface area (Å²) >= 11 is 3.65. The molecule has 1 heterocycles. The second-order valence-electron chi connectivity index (χ2n) is 3.46. The highest BCUT2D eigenvalue weighted by atomic mass is 79.9. The van der Waals surface area contributed by atoms with Crippen LogP contribution in [0, 0.1) is 0 Å². The van der Waals surface area contributed by atoms with Crippen molar-refractivity contribution in [3.8, 4) is 5.75 Å². The molecule has 1 aromatic rings. The van der Waals surface area contributed by atoms with Gasteiger partial charge in [-0.1, -0.05) is 41.1 Å². The lowest BCUT2D eigenvalue weighted by atomic mass is 9.91. The summed E-state index contributed by atoms with van der Waals surface area (Å²) in [5, 5.41) is 0. The van der Waals surface area contributed by atoms with Gasteiger partial charge in [-0.3, -0.25) is 0 Å². The van der Waals surface area contributed by atoms with Gasteiger partial charge in [-0.25, -0.2) is 0 Å². The van der Waals surface area contributed by atoms with Crippen LogP contribution in [0.4, 0.5) is 0 Å². The van der Waals surface area contributed by atoms with Crippen LogP contribution < -0.4 is 4.74 Å². The van der Waals surface area contributed by atoms with Gasteiger partial charge in [0.1, 0.15) is 5.75 Å². The molecular formula is C11H13BrO. The molecule has 0 fully saturated rings. The zero-order valence-corrected chi connectivity index (χ0v) is 9.25. The van der Waals surface area contributed by atoms with Crippen LogP contribution >= 0.6 is 15.9 Å². The van der Waals surface area contributed by atoms with Crippen LogP contribution in [0.25, 0.3) is 0 Å². The van der Waals surface area contributed by atoms with Crippen LogP contribution in [0.15, 0.2) is 24.3 Å². The molecule has 0 spiro atoms. The SMILES string of the molecule is CC(Br)C1CCOc2ccccc21. The Balaban J connectivity index is 2.37. The van der Waals surface area contributed by atoms with Crippen molar-refractivity contribution in [2.75, 3.05) is 6.61 Å². The number of ether oxygens (including phenoxy) is 1. The van der Waals surface area contributed by atoms with Crippen molar-refractivity contribution in [1.29, 1.82) is 0 Å². The minimum absolute atomic E-state index is 0.526. The van der Waals surface area contributed by atoms with Gasteiger partial charge in [0.15, 0.2) is 0 Å². The van der Waals surface area contributed by atoms with E-state index in [1.807, 2.05) is 6.07 Å². The Morgan fingerprint density at radius 1 is 1.46 bits per heavy atom. The predicted octanol–water partition coefficient (Wildman–Crippen LogP) is 3.34. The first-order valence-corrected chi connectivity index (χ1v) is 5.56. The number of rotatable bonds is 1. The average Bonchev–Trinajstić information content (AvgIpc) is 2.17. The lowest BCUT2D eigenvalue weighted by Gasteiger charge is -2.27. The number of para-hydroxylation sites is 1. The van der Waals surface area contributed by atoms with E-state index in [0.29, 0.717) is 10.7 Å². The largest absolute Gasteiger partial charge is 0.493 e. The molecule has 0 bridgehead atoms. The maximum atomic E-state index is 5.58. The number of fused-ring (bicyclic) bond motifs is 1. The molecule has 0 aromatic heterocycles. The van der Waals surface area contributed by atoms with Crippen molar-refractivity contribution in [3.63, 3.8) is 0 Å². The first kappa shape index (κ1) is 9.07. The molecule has 2 atom stereocenters. The Bertz CT molecular complexity index is 296. The molecule has 0 saturated heterocycles. The topological polar surface area (TPSA) is 9.23 Å². The average molecular weight is 241 g/mol. The summed E-state index contributed by atoms with van der Waals surface area (Å²) in [4.78, 5) is 0.526. The van der Waals surface area contributed by atoms with E-state index in [-0.39, 0.29) is 0 Å². The lowest BCUT2D eigenvalue weighted by Crippen LogP contribution is -2.19. The summed E-state index contributed by atoms with van der Waals surface area (Å²) < 4.78 is 5.58. The van der Waals surface area contributed by atoms with Gasteiger partial charge in [0.2, 0.25) is 0 Å². The third-order valence-corrected chi connectivity index (χ3v) is 3.20. The molecule has 0 N–H and O–H groups in total. The molecule has 70 valence electrons. The lowest BCUT2D eigenvalue weighted by molar-refractivity contribution is 0.267. The zero-order chi connectivity index (χ0) is 9.26. The number of hydrogen-bond acceptors (Lipinski definition) is 1. The molecule has 1 aliphatic rings. The van der Waals surface area contributed by atoms with E-state index in [0.717, 1.165) is 18.8 Å². The van der Waals surface area contributed by atoms with Crippen LogP contribution in [-0.2, 0) is 0 Å². The van der Waals surface area contributed by atoms with Gasteiger partial charge >= 0.3 is 0 Å². The van der Waals surface area contributed by atoms with Gasteiger partial charge in [-0.2, -0.15) is 0 Å². The van der Waals surface area contributed by atoms with E-state index in [2.05, 4.69) is 41.1 Å². The molecule has 13 heavy (non-hydrogen) atoms. The molecule has 0 radical (unpaired) electrons. The second-order valence-corrected chi connectivity index (χ2v) is 4.90. The van der Waals surface area contributed by atoms with Gasteiger partial charge in [-0.05, 0) is 18.1 Å².